The summed E-state index contributed by atoms with van der Waals surface area (Å²) in [5.74, 6) is 0. The zero-order valence-corrected chi connectivity index (χ0v) is 41.6. The summed E-state index contributed by atoms with van der Waals surface area (Å²) in [6, 6.07) is 105. The number of hydrogen-bond donors (Lipinski definition) is 0. The van der Waals surface area contributed by atoms with E-state index in [0.29, 0.717) is 0 Å². The summed E-state index contributed by atoms with van der Waals surface area (Å²) in [5, 5.41) is 24.9. The van der Waals surface area contributed by atoms with Crippen molar-refractivity contribution in [3.63, 3.8) is 0 Å². The van der Waals surface area contributed by atoms with E-state index >= 15 is 0 Å². The molecule has 0 heterocycles. The van der Waals surface area contributed by atoms with E-state index in [9.17, 15) is 0 Å². The summed E-state index contributed by atoms with van der Waals surface area (Å²) in [6.45, 7) is 0. The third-order valence-electron chi connectivity index (χ3n) is 16.5. The predicted molar refractivity (Wildman–Crippen MR) is 329 cm³/mol. The molecular formula is C76H46. The Morgan fingerprint density at radius 2 is 0.342 bits per heavy atom. The summed E-state index contributed by atoms with van der Waals surface area (Å²) in [6.07, 6.45) is 0. The quantitative estimate of drug-likeness (QED) is 0.151. The minimum Gasteiger partial charge on any atom is -0.0616 e. The topological polar surface area (TPSA) is 0 Å². The highest BCUT2D eigenvalue weighted by atomic mass is 14.2. The van der Waals surface area contributed by atoms with Gasteiger partial charge >= 0.3 is 0 Å². The molecule has 0 unspecified atom stereocenters. The molecule has 16 aromatic carbocycles. The second-order valence-corrected chi connectivity index (χ2v) is 20.7. The number of fused-ring (bicyclic) bond motifs is 14. The van der Waals surface area contributed by atoms with Crippen LogP contribution >= 0.6 is 0 Å². The molecular weight excluding hydrogens is 913 g/mol. The zero-order chi connectivity index (χ0) is 49.8. The first-order valence-electron chi connectivity index (χ1n) is 26.5. The smallest absolute Gasteiger partial charge is 0.00921 e. The molecule has 76 heavy (non-hydrogen) atoms. The van der Waals surface area contributed by atoms with Crippen LogP contribution in [0, 0.1) is 0 Å². The predicted octanol–water partition coefficient (Wildman–Crippen LogP) is 21.6. The fourth-order valence-corrected chi connectivity index (χ4v) is 12.7. The Labute approximate surface area is 440 Å². The van der Waals surface area contributed by atoms with Gasteiger partial charge in [-0.3, -0.25) is 0 Å². The van der Waals surface area contributed by atoms with Gasteiger partial charge in [0.15, 0.2) is 0 Å². The van der Waals surface area contributed by atoms with Crippen LogP contribution in [0.2, 0.25) is 0 Å². The van der Waals surface area contributed by atoms with E-state index in [2.05, 4.69) is 279 Å². The molecule has 0 aliphatic heterocycles. The van der Waals surface area contributed by atoms with Crippen LogP contribution in [0.3, 0.4) is 0 Å². The fourth-order valence-electron chi connectivity index (χ4n) is 12.7. The number of rotatable bonds is 5. The average Bonchev–Trinajstić information content (AvgIpc) is 3.65. The fraction of sp³-hybridized carbons (Fsp3) is 0. The van der Waals surface area contributed by atoms with Crippen LogP contribution in [-0.4, -0.2) is 0 Å². The second-order valence-electron chi connectivity index (χ2n) is 20.7. The minimum atomic E-state index is 1.19. The lowest BCUT2D eigenvalue weighted by molar-refractivity contribution is 1.66. The van der Waals surface area contributed by atoms with Gasteiger partial charge in [0.05, 0.1) is 0 Å². The van der Waals surface area contributed by atoms with Crippen LogP contribution in [0.25, 0.3) is 163 Å². The summed E-state index contributed by atoms with van der Waals surface area (Å²) in [4.78, 5) is 0. The largest absolute Gasteiger partial charge is 0.0616 e. The first-order chi connectivity index (χ1) is 37.6. The number of hydrogen-bond acceptors (Lipinski definition) is 0. The van der Waals surface area contributed by atoms with Gasteiger partial charge in [-0.25, -0.2) is 0 Å². The van der Waals surface area contributed by atoms with Crippen molar-refractivity contribution in [3.8, 4) is 55.6 Å². The van der Waals surface area contributed by atoms with E-state index < -0.39 is 0 Å². The van der Waals surface area contributed by atoms with Crippen molar-refractivity contribution in [3.05, 3.63) is 279 Å². The maximum absolute atomic E-state index is 2.48. The van der Waals surface area contributed by atoms with Gasteiger partial charge in [-0.1, -0.05) is 218 Å². The third-order valence-corrected chi connectivity index (χ3v) is 16.5. The highest BCUT2D eigenvalue weighted by Crippen LogP contribution is 2.47. The molecule has 0 nitrogen and oxygen atoms in total. The molecule has 0 N–H and O–H groups in total. The average molecular weight is 959 g/mol. The van der Waals surface area contributed by atoms with Crippen LogP contribution in [0.5, 0.6) is 0 Å². The summed E-state index contributed by atoms with van der Waals surface area (Å²) in [5.41, 5.74) is 12.2. The normalized spacial score (nSPS) is 11.9. The van der Waals surface area contributed by atoms with Gasteiger partial charge in [-0.2, -0.15) is 0 Å². The van der Waals surface area contributed by atoms with Gasteiger partial charge < -0.3 is 0 Å². The molecule has 0 bridgehead atoms. The van der Waals surface area contributed by atoms with Crippen LogP contribution in [0.15, 0.2) is 279 Å². The number of benzene rings is 16. The van der Waals surface area contributed by atoms with E-state index in [1.54, 1.807) is 0 Å². The molecule has 16 aromatic rings. The van der Waals surface area contributed by atoms with Gasteiger partial charge in [0, 0.05) is 0 Å². The standard InChI is InChI=1S/C76H46/c1-5-17-51-37-57(29-25-47(51)13-1)67-45-75-71-41-55(33-35-65(71)69(43-73(75)63-23-11-9-21-61(63)67)59-31-27-49-15-3-7-19-53(49)39-59)56-34-36-66-70(60-32-28-50-16-4-8-20-54(50)40-60)44-74-64-24-12-10-22-62(64)68(46-76(74)72(66)42-56)58-30-26-48-14-2-6-18-52(48)38-58/h1-46H. The van der Waals surface area contributed by atoms with Crippen molar-refractivity contribution in [2.45, 2.75) is 0 Å². The van der Waals surface area contributed by atoms with Crippen LogP contribution < -0.4 is 0 Å². The van der Waals surface area contributed by atoms with E-state index in [1.807, 2.05) is 0 Å². The maximum Gasteiger partial charge on any atom is -0.00921 e. The van der Waals surface area contributed by atoms with Gasteiger partial charge in [0.25, 0.3) is 0 Å². The Morgan fingerprint density at radius 1 is 0.118 bits per heavy atom. The Bertz CT molecular complexity index is 4790. The molecule has 0 radical (unpaired) electrons. The second kappa shape index (κ2) is 16.8. The Balaban J connectivity index is 0.980. The molecule has 0 fully saturated rings. The molecule has 0 spiro atoms. The molecule has 16 rings (SSSR count). The maximum atomic E-state index is 2.48. The molecule has 0 saturated carbocycles. The van der Waals surface area contributed by atoms with Crippen molar-refractivity contribution in [1.29, 1.82) is 0 Å². The third kappa shape index (κ3) is 6.78. The van der Waals surface area contributed by atoms with E-state index in [1.165, 1.54) is 163 Å². The van der Waals surface area contributed by atoms with Crippen molar-refractivity contribution < 1.29 is 0 Å². The van der Waals surface area contributed by atoms with Gasteiger partial charge in [0.1, 0.15) is 0 Å². The Hall–Kier alpha value is -9.88. The van der Waals surface area contributed by atoms with Crippen LogP contribution in [0.1, 0.15) is 0 Å². The van der Waals surface area contributed by atoms with Crippen molar-refractivity contribution >= 4 is 108 Å². The SMILES string of the molecule is c1ccc2cc(-c3cc4c5cc(-c6ccc7c(-c8ccc9ccccc9c8)cc8c9ccccc9c(-c9ccc%10ccccc%10c9)cc8c7c6)ccc5c(-c5ccc6ccccc6c5)cc4c4ccccc34)ccc2c1. The highest BCUT2D eigenvalue weighted by Gasteiger charge is 2.19. The molecule has 0 atom stereocenters. The van der Waals surface area contributed by atoms with Gasteiger partial charge in [-0.05, 0) is 224 Å². The molecule has 0 saturated heterocycles. The molecule has 0 amide bonds. The lowest BCUT2D eigenvalue weighted by Gasteiger charge is -2.18. The van der Waals surface area contributed by atoms with Crippen molar-refractivity contribution in [2.24, 2.45) is 0 Å². The Morgan fingerprint density at radius 3 is 0.658 bits per heavy atom. The lowest BCUT2D eigenvalue weighted by atomic mass is 9.85. The summed E-state index contributed by atoms with van der Waals surface area (Å²) >= 11 is 0. The minimum absolute atomic E-state index is 1.19. The van der Waals surface area contributed by atoms with Gasteiger partial charge in [0.2, 0.25) is 0 Å². The van der Waals surface area contributed by atoms with E-state index in [0.717, 1.165) is 0 Å². The van der Waals surface area contributed by atoms with Gasteiger partial charge in [-0.15, -0.1) is 0 Å². The molecule has 0 aromatic heterocycles. The van der Waals surface area contributed by atoms with Crippen molar-refractivity contribution in [2.75, 3.05) is 0 Å². The monoisotopic (exact) mass is 958 g/mol. The van der Waals surface area contributed by atoms with Crippen LogP contribution in [0.4, 0.5) is 0 Å². The zero-order valence-electron chi connectivity index (χ0n) is 41.6. The van der Waals surface area contributed by atoms with E-state index in [4.69, 9.17) is 0 Å². The summed E-state index contributed by atoms with van der Waals surface area (Å²) < 4.78 is 0. The molecule has 350 valence electrons. The first-order valence-corrected chi connectivity index (χ1v) is 26.5. The Kier molecular flexibility index (Phi) is 9.44. The van der Waals surface area contributed by atoms with E-state index in [-0.39, 0.29) is 0 Å². The molecule has 0 aliphatic rings. The summed E-state index contributed by atoms with van der Waals surface area (Å²) in [7, 11) is 0. The highest BCUT2D eigenvalue weighted by molar-refractivity contribution is 6.27. The first kappa shape index (κ1) is 42.6. The molecule has 0 heteroatoms. The van der Waals surface area contributed by atoms with Crippen molar-refractivity contribution in [1.82, 2.24) is 0 Å². The lowest BCUT2D eigenvalue weighted by Crippen LogP contribution is -1.91. The molecule has 0 aliphatic carbocycles. The van der Waals surface area contributed by atoms with Crippen LogP contribution in [-0.2, 0) is 0 Å².